The molecular formula is C8H13N3O. The minimum atomic E-state index is 0.881. The van der Waals surface area contributed by atoms with Crippen LogP contribution < -0.4 is 10.2 Å². The number of fused-ring (bicyclic) bond motifs is 1. The molecule has 1 aliphatic rings. The molecule has 0 bridgehead atoms. The summed E-state index contributed by atoms with van der Waals surface area (Å²) in [5.74, 6) is 2.00. The highest BCUT2D eigenvalue weighted by molar-refractivity contribution is 5.47. The maximum Gasteiger partial charge on any atom is 0.176 e. The maximum atomic E-state index is 5.22. The highest BCUT2D eigenvalue weighted by Crippen LogP contribution is 2.23. The topological polar surface area (TPSA) is 41.3 Å². The van der Waals surface area contributed by atoms with Crippen LogP contribution in [-0.4, -0.2) is 25.8 Å². The summed E-state index contributed by atoms with van der Waals surface area (Å²) in [5, 5.41) is 7.30. The molecule has 66 valence electrons. The molecule has 4 heteroatoms. The van der Waals surface area contributed by atoms with E-state index in [1.165, 1.54) is 5.56 Å². The van der Waals surface area contributed by atoms with Crippen LogP contribution in [0.1, 0.15) is 11.3 Å². The smallest absolute Gasteiger partial charge is 0.176 e. The third-order valence-electron chi connectivity index (χ3n) is 2.10. The molecule has 0 saturated heterocycles. The lowest BCUT2D eigenvalue weighted by Gasteiger charge is -2.14. The highest BCUT2D eigenvalue weighted by Gasteiger charge is 2.19. The van der Waals surface area contributed by atoms with Crippen LogP contribution >= 0.6 is 0 Å². The van der Waals surface area contributed by atoms with Gasteiger partial charge in [0.2, 0.25) is 0 Å². The van der Waals surface area contributed by atoms with Gasteiger partial charge in [-0.15, -0.1) is 0 Å². The fraction of sp³-hybridized carbons (Fsp3) is 0.625. The van der Waals surface area contributed by atoms with Crippen LogP contribution in [-0.2, 0) is 13.0 Å². The Morgan fingerprint density at radius 2 is 2.33 bits per heavy atom. The van der Waals surface area contributed by atoms with Crippen LogP contribution in [0.3, 0.4) is 0 Å². The highest BCUT2D eigenvalue weighted by atomic mass is 16.5. The molecule has 0 saturated carbocycles. The molecule has 1 aromatic heterocycles. The normalized spacial score (nSPS) is 15.8. The number of anilines is 1. The minimum absolute atomic E-state index is 0.881. The average Bonchev–Trinajstić information content (AvgIpc) is 2.47. The van der Waals surface area contributed by atoms with E-state index >= 15 is 0 Å². The van der Waals surface area contributed by atoms with E-state index < -0.39 is 0 Å². The van der Waals surface area contributed by atoms with Gasteiger partial charge in [0.15, 0.2) is 5.82 Å². The van der Waals surface area contributed by atoms with E-state index in [0.29, 0.717) is 0 Å². The van der Waals surface area contributed by atoms with Crippen molar-refractivity contribution < 1.29 is 4.52 Å². The van der Waals surface area contributed by atoms with Crippen molar-refractivity contribution in [1.29, 1.82) is 0 Å². The Labute approximate surface area is 71.5 Å². The quantitative estimate of drug-likeness (QED) is 0.656. The second-order valence-electron chi connectivity index (χ2n) is 3.23. The Morgan fingerprint density at radius 3 is 3.08 bits per heavy atom. The summed E-state index contributed by atoms with van der Waals surface area (Å²) in [6.07, 6.45) is 0.955. The van der Waals surface area contributed by atoms with Gasteiger partial charge in [0.05, 0.1) is 5.56 Å². The number of nitrogens with one attached hydrogen (secondary N) is 1. The van der Waals surface area contributed by atoms with Crippen LogP contribution in [0.4, 0.5) is 5.82 Å². The van der Waals surface area contributed by atoms with E-state index in [1.54, 1.807) is 0 Å². The molecule has 2 heterocycles. The van der Waals surface area contributed by atoms with Gasteiger partial charge in [-0.25, -0.2) is 0 Å². The third-order valence-corrected chi connectivity index (χ3v) is 2.10. The number of hydrogen-bond donors (Lipinski definition) is 1. The van der Waals surface area contributed by atoms with Crippen molar-refractivity contribution in [3.8, 4) is 0 Å². The lowest BCUT2D eigenvalue weighted by molar-refractivity contribution is 0.373. The van der Waals surface area contributed by atoms with Gasteiger partial charge in [-0.3, -0.25) is 0 Å². The minimum Gasteiger partial charge on any atom is -0.360 e. The van der Waals surface area contributed by atoms with Gasteiger partial charge in [-0.05, 0) is 0 Å². The molecule has 0 aliphatic carbocycles. The summed E-state index contributed by atoms with van der Waals surface area (Å²) in [6.45, 7) is 1.88. The first-order valence-corrected chi connectivity index (χ1v) is 4.14. The second kappa shape index (κ2) is 2.79. The maximum absolute atomic E-state index is 5.22. The monoisotopic (exact) mass is 167 g/mol. The standard InChI is InChI=1S/C8H13N3O/c1-11(2)8-6-5-9-4-3-7(6)12-10-8/h9H,3-5H2,1-2H3. The van der Waals surface area contributed by atoms with Crippen LogP contribution in [0.2, 0.25) is 0 Å². The molecule has 4 nitrogen and oxygen atoms in total. The van der Waals surface area contributed by atoms with E-state index in [9.17, 15) is 0 Å². The molecule has 0 radical (unpaired) electrons. The molecule has 0 spiro atoms. The molecule has 1 aliphatic heterocycles. The predicted molar refractivity (Wildman–Crippen MR) is 46.2 cm³/mol. The van der Waals surface area contributed by atoms with Gasteiger partial charge in [-0.1, -0.05) is 5.16 Å². The fourth-order valence-corrected chi connectivity index (χ4v) is 1.47. The molecular weight excluding hydrogens is 154 g/mol. The first-order valence-electron chi connectivity index (χ1n) is 4.14. The lowest BCUT2D eigenvalue weighted by Crippen LogP contribution is -2.24. The number of aromatic nitrogens is 1. The molecule has 1 N–H and O–H groups in total. The van der Waals surface area contributed by atoms with Crippen molar-refractivity contribution in [2.75, 3.05) is 25.5 Å². The molecule has 1 aromatic rings. The SMILES string of the molecule is CN(C)c1noc2c1CNCC2. The molecule has 0 fully saturated rings. The van der Waals surface area contributed by atoms with Gasteiger partial charge in [-0.2, -0.15) is 0 Å². The van der Waals surface area contributed by atoms with Crippen LogP contribution in [0.25, 0.3) is 0 Å². The summed E-state index contributed by atoms with van der Waals surface area (Å²) in [5.41, 5.74) is 1.21. The predicted octanol–water partition coefficient (Wildman–Crippen LogP) is 0.386. The first kappa shape index (κ1) is 7.61. The van der Waals surface area contributed by atoms with Crippen molar-refractivity contribution in [3.63, 3.8) is 0 Å². The third kappa shape index (κ3) is 1.08. The van der Waals surface area contributed by atoms with Gasteiger partial charge in [0, 0.05) is 33.6 Å². The van der Waals surface area contributed by atoms with Crippen molar-refractivity contribution in [1.82, 2.24) is 10.5 Å². The largest absolute Gasteiger partial charge is 0.360 e. The summed E-state index contributed by atoms with van der Waals surface area (Å²) < 4.78 is 5.22. The Morgan fingerprint density at radius 1 is 1.50 bits per heavy atom. The van der Waals surface area contributed by atoms with Gasteiger partial charge in [0.25, 0.3) is 0 Å². The zero-order valence-corrected chi connectivity index (χ0v) is 7.42. The molecule has 12 heavy (non-hydrogen) atoms. The van der Waals surface area contributed by atoms with E-state index in [0.717, 1.165) is 31.1 Å². The summed E-state index contributed by atoms with van der Waals surface area (Å²) in [4.78, 5) is 1.98. The van der Waals surface area contributed by atoms with Crippen molar-refractivity contribution >= 4 is 5.82 Å². The Hall–Kier alpha value is -1.03. The molecule has 0 unspecified atom stereocenters. The lowest BCUT2D eigenvalue weighted by atomic mass is 10.1. The molecule has 0 amide bonds. The van der Waals surface area contributed by atoms with E-state index in [-0.39, 0.29) is 0 Å². The number of rotatable bonds is 1. The number of nitrogens with zero attached hydrogens (tertiary/aromatic N) is 2. The average molecular weight is 167 g/mol. The van der Waals surface area contributed by atoms with Crippen LogP contribution in [0.15, 0.2) is 4.52 Å². The van der Waals surface area contributed by atoms with Crippen LogP contribution in [0, 0.1) is 0 Å². The van der Waals surface area contributed by atoms with Gasteiger partial charge in [0.1, 0.15) is 5.76 Å². The van der Waals surface area contributed by atoms with Crippen molar-refractivity contribution in [2.45, 2.75) is 13.0 Å². The Balaban J connectivity index is 2.38. The Kier molecular flexibility index (Phi) is 1.77. The van der Waals surface area contributed by atoms with Crippen LogP contribution in [0.5, 0.6) is 0 Å². The fourth-order valence-electron chi connectivity index (χ4n) is 1.47. The number of hydrogen-bond acceptors (Lipinski definition) is 4. The summed E-state index contributed by atoms with van der Waals surface area (Å²) >= 11 is 0. The van der Waals surface area contributed by atoms with Gasteiger partial charge >= 0.3 is 0 Å². The van der Waals surface area contributed by atoms with Crippen molar-refractivity contribution in [2.24, 2.45) is 0 Å². The Bertz CT molecular complexity index is 280. The molecule has 0 aromatic carbocycles. The molecule has 2 rings (SSSR count). The van der Waals surface area contributed by atoms with E-state index in [2.05, 4.69) is 10.5 Å². The first-order chi connectivity index (χ1) is 5.79. The summed E-state index contributed by atoms with van der Waals surface area (Å²) in [6, 6.07) is 0. The molecule has 0 atom stereocenters. The zero-order chi connectivity index (χ0) is 8.55. The zero-order valence-electron chi connectivity index (χ0n) is 7.42. The van der Waals surface area contributed by atoms with Crippen molar-refractivity contribution in [3.05, 3.63) is 11.3 Å². The van der Waals surface area contributed by atoms with E-state index in [4.69, 9.17) is 4.52 Å². The van der Waals surface area contributed by atoms with Gasteiger partial charge < -0.3 is 14.7 Å². The second-order valence-corrected chi connectivity index (χ2v) is 3.23. The summed E-state index contributed by atoms with van der Waals surface area (Å²) in [7, 11) is 3.96. The van der Waals surface area contributed by atoms with E-state index in [1.807, 2.05) is 19.0 Å².